The zero-order chi connectivity index (χ0) is 12.0. The van der Waals surface area contributed by atoms with Crippen LogP contribution in [0.5, 0.6) is 5.75 Å². The van der Waals surface area contributed by atoms with Crippen molar-refractivity contribution in [1.82, 2.24) is 0 Å². The summed E-state index contributed by atoms with van der Waals surface area (Å²) in [7, 11) is 0. The summed E-state index contributed by atoms with van der Waals surface area (Å²) in [5, 5.41) is 10.4. The molecule has 0 spiro atoms. The molecule has 16 heavy (non-hydrogen) atoms. The van der Waals surface area contributed by atoms with Crippen LogP contribution >= 0.6 is 0 Å². The molecule has 0 N–H and O–H groups in total. The monoisotopic (exact) mass is 221 g/mol. The number of nitro groups is 1. The highest BCUT2D eigenvalue weighted by Crippen LogP contribution is 2.13. The first kappa shape index (κ1) is 12.2. The molecule has 0 amide bonds. The van der Waals surface area contributed by atoms with Crippen molar-refractivity contribution in [2.45, 2.75) is 26.4 Å². The van der Waals surface area contributed by atoms with Crippen molar-refractivity contribution in [1.29, 1.82) is 0 Å². The molecule has 1 rings (SSSR count). The van der Waals surface area contributed by atoms with Gasteiger partial charge in [-0.1, -0.05) is 18.2 Å². The fourth-order valence-corrected chi connectivity index (χ4v) is 1.19. The molecule has 0 saturated carbocycles. The second-order valence-corrected chi connectivity index (χ2v) is 3.58. The number of hydrogen-bond acceptors (Lipinski definition) is 3. The van der Waals surface area contributed by atoms with Crippen molar-refractivity contribution in [3.05, 3.63) is 52.2 Å². The molecule has 0 aliphatic carbocycles. The fourth-order valence-electron chi connectivity index (χ4n) is 1.19. The minimum Gasteiger partial charge on any atom is -0.490 e. The lowest BCUT2D eigenvalue weighted by Crippen LogP contribution is -2.11. The number of para-hydroxylation sites is 1. The number of allylic oxidation sites excluding steroid dienone is 1. The minimum absolute atomic E-state index is 0.0719. The van der Waals surface area contributed by atoms with Crippen molar-refractivity contribution < 1.29 is 9.66 Å². The Balaban J connectivity index is 2.46. The maximum Gasteiger partial charge on any atom is 0.239 e. The third kappa shape index (κ3) is 4.13. The van der Waals surface area contributed by atoms with Crippen LogP contribution in [0.1, 0.15) is 20.3 Å². The maximum atomic E-state index is 10.4. The van der Waals surface area contributed by atoms with Gasteiger partial charge in [-0.2, -0.15) is 0 Å². The SMILES string of the molecule is CC(=CCC(C)Oc1ccccc1)[N+](=O)[O-]. The van der Waals surface area contributed by atoms with Gasteiger partial charge in [0.2, 0.25) is 5.70 Å². The van der Waals surface area contributed by atoms with Gasteiger partial charge < -0.3 is 4.74 Å². The molecule has 4 heteroatoms. The first-order valence-electron chi connectivity index (χ1n) is 5.12. The van der Waals surface area contributed by atoms with Gasteiger partial charge in [-0.15, -0.1) is 0 Å². The van der Waals surface area contributed by atoms with Crippen LogP contribution in [-0.2, 0) is 0 Å². The molecule has 1 aromatic carbocycles. The van der Waals surface area contributed by atoms with Crippen LogP contribution in [0, 0.1) is 10.1 Å². The highest BCUT2D eigenvalue weighted by molar-refractivity contribution is 5.21. The molecule has 0 fully saturated rings. The summed E-state index contributed by atoms with van der Waals surface area (Å²) in [6.45, 7) is 3.37. The fraction of sp³-hybridized carbons (Fsp3) is 0.333. The Morgan fingerprint density at radius 1 is 1.50 bits per heavy atom. The number of benzene rings is 1. The van der Waals surface area contributed by atoms with Crippen LogP contribution in [-0.4, -0.2) is 11.0 Å². The Morgan fingerprint density at radius 3 is 2.69 bits per heavy atom. The average molecular weight is 221 g/mol. The van der Waals surface area contributed by atoms with Gasteiger partial charge in [-0.25, -0.2) is 0 Å². The molecular weight excluding hydrogens is 206 g/mol. The van der Waals surface area contributed by atoms with Gasteiger partial charge in [0.25, 0.3) is 0 Å². The molecule has 1 aromatic rings. The summed E-state index contributed by atoms with van der Waals surface area (Å²) in [4.78, 5) is 9.97. The summed E-state index contributed by atoms with van der Waals surface area (Å²) < 4.78 is 5.58. The second-order valence-electron chi connectivity index (χ2n) is 3.58. The van der Waals surface area contributed by atoms with Crippen LogP contribution in [0.4, 0.5) is 0 Å². The second kappa shape index (κ2) is 5.90. The minimum atomic E-state index is -0.394. The smallest absolute Gasteiger partial charge is 0.239 e. The van der Waals surface area contributed by atoms with E-state index in [1.54, 1.807) is 6.08 Å². The molecular formula is C12H15NO3. The van der Waals surface area contributed by atoms with E-state index in [0.29, 0.717) is 6.42 Å². The van der Waals surface area contributed by atoms with Crippen molar-refractivity contribution in [3.63, 3.8) is 0 Å². The summed E-state index contributed by atoms with van der Waals surface area (Å²) in [6, 6.07) is 9.41. The molecule has 86 valence electrons. The van der Waals surface area contributed by atoms with E-state index in [0.717, 1.165) is 5.75 Å². The molecule has 0 radical (unpaired) electrons. The van der Waals surface area contributed by atoms with Crippen molar-refractivity contribution in [2.24, 2.45) is 0 Å². The molecule has 0 saturated heterocycles. The Bertz CT molecular complexity index is 373. The van der Waals surface area contributed by atoms with Gasteiger partial charge in [0.1, 0.15) is 5.75 Å². The lowest BCUT2D eigenvalue weighted by Gasteiger charge is -2.12. The lowest BCUT2D eigenvalue weighted by atomic mass is 10.2. The summed E-state index contributed by atoms with van der Waals surface area (Å²) in [6.07, 6.45) is 2.03. The normalized spacial score (nSPS) is 13.2. The summed E-state index contributed by atoms with van der Waals surface area (Å²) >= 11 is 0. The Labute approximate surface area is 94.7 Å². The van der Waals surface area contributed by atoms with Gasteiger partial charge in [0.15, 0.2) is 0 Å². The number of rotatable bonds is 5. The standard InChI is InChI=1S/C12H15NO3/c1-10(13(14)15)8-9-11(2)16-12-6-4-3-5-7-12/h3-8,11H,9H2,1-2H3. The summed E-state index contributed by atoms with van der Waals surface area (Å²) in [5.41, 5.74) is 0.156. The summed E-state index contributed by atoms with van der Waals surface area (Å²) in [5.74, 6) is 0.780. The van der Waals surface area contributed by atoms with Gasteiger partial charge in [-0.3, -0.25) is 10.1 Å². The Morgan fingerprint density at radius 2 is 2.12 bits per heavy atom. The third-order valence-electron chi connectivity index (χ3n) is 2.11. The molecule has 4 nitrogen and oxygen atoms in total. The van der Waals surface area contributed by atoms with Crippen molar-refractivity contribution in [3.8, 4) is 5.75 Å². The van der Waals surface area contributed by atoms with E-state index in [2.05, 4.69) is 0 Å². The highest BCUT2D eigenvalue weighted by Gasteiger charge is 2.05. The number of nitrogens with zero attached hydrogens (tertiary/aromatic N) is 1. The predicted molar refractivity (Wildman–Crippen MR) is 61.9 cm³/mol. The molecule has 1 atom stereocenters. The van der Waals surface area contributed by atoms with E-state index in [4.69, 9.17) is 4.74 Å². The van der Waals surface area contributed by atoms with Crippen LogP contribution in [0.2, 0.25) is 0 Å². The topological polar surface area (TPSA) is 52.4 Å². The zero-order valence-corrected chi connectivity index (χ0v) is 9.42. The van der Waals surface area contributed by atoms with Crippen LogP contribution in [0.3, 0.4) is 0 Å². The highest BCUT2D eigenvalue weighted by atomic mass is 16.6. The first-order valence-corrected chi connectivity index (χ1v) is 5.12. The molecule has 1 unspecified atom stereocenters. The maximum absolute atomic E-state index is 10.4. The van der Waals surface area contributed by atoms with Gasteiger partial charge in [0, 0.05) is 13.3 Å². The Kier molecular flexibility index (Phi) is 4.51. The third-order valence-corrected chi connectivity index (χ3v) is 2.11. The number of ether oxygens (including phenoxy) is 1. The lowest BCUT2D eigenvalue weighted by molar-refractivity contribution is -0.424. The average Bonchev–Trinajstić information content (AvgIpc) is 2.27. The van der Waals surface area contributed by atoms with E-state index in [1.165, 1.54) is 6.92 Å². The van der Waals surface area contributed by atoms with Crippen LogP contribution in [0.15, 0.2) is 42.1 Å². The molecule has 0 aliphatic heterocycles. The molecule has 0 heterocycles. The first-order chi connectivity index (χ1) is 7.59. The van der Waals surface area contributed by atoms with Crippen molar-refractivity contribution in [2.75, 3.05) is 0 Å². The molecule has 0 aliphatic rings. The van der Waals surface area contributed by atoms with Crippen molar-refractivity contribution >= 4 is 0 Å². The quantitative estimate of drug-likeness (QED) is 0.567. The van der Waals surface area contributed by atoms with E-state index < -0.39 is 4.92 Å². The van der Waals surface area contributed by atoms with E-state index in [9.17, 15) is 10.1 Å². The molecule has 0 aromatic heterocycles. The zero-order valence-electron chi connectivity index (χ0n) is 9.42. The number of hydrogen-bond donors (Lipinski definition) is 0. The van der Waals surface area contributed by atoms with Gasteiger partial charge in [-0.05, 0) is 25.1 Å². The largest absolute Gasteiger partial charge is 0.490 e. The van der Waals surface area contributed by atoms with E-state index in [1.807, 2.05) is 37.3 Å². The van der Waals surface area contributed by atoms with Crippen LogP contribution in [0.25, 0.3) is 0 Å². The van der Waals surface area contributed by atoms with E-state index in [-0.39, 0.29) is 11.8 Å². The van der Waals surface area contributed by atoms with E-state index >= 15 is 0 Å². The molecule has 0 bridgehead atoms. The van der Waals surface area contributed by atoms with Gasteiger partial charge in [0.05, 0.1) is 11.0 Å². The van der Waals surface area contributed by atoms with Gasteiger partial charge >= 0.3 is 0 Å². The predicted octanol–water partition coefficient (Wildman–Crippen LogP) is 3.02. The Hall–Kier alpha value is -1.84. The van der Waals surface area contributed by atoms with Crippen LogP contribution < -0.4 is 4.74 Å².